The van der Waals surface area contributed by atoms with Crippen LogP contribution in [0.1, 0.15) is 42.1 Å². The normalized spacial score (nSPS) is 25.8. The molecule has 2 aliphatic rings. The molecule has 5 rings (SSSR count). The number of allylic oxidation sites excluding steroid dienone is 1. The third kappa shape index (κ3) is 3.29. The Labute approximate surface area is 187 Å². The Morgan fingerprint density at radius 2 is 2.03 bits per heavy atom. The van der Waals surface area contributed by atoms with Crippen LogP contribution in [0.3, 0.4) is 0 Å². The lowest BCUT2D eigenvalue weighted by Gasteiger charge is -2.50. The summed E-state index contributed by atoms with van der Waals surface area (Å²) in [6.07, 6.45) is 6.61. The molecular weight excluding hydrogens is 400 g/mol. The molecule has 1 N–H and O–H groups in total. The molecule has 0 bridgehead atoms. The third-order valence-electron chi connectivity index (χ3n) is 7.12. The second kappa shape index (κ2) is 8.23. The predicted octanol–water partition coefficient (Wildman–Crippen LogP) is 4.95. The van der Waals surface area contributed by atoms with Crippen molar-refractivity contribution in [3.63, 3.8) is 0 Å². The number of ether oxygens (including phenoxy) is 1. The van der Waals surface area contributed by atoms with Crippen LogP contribution in [0.4, 0.5) is 0 Å². The van der Waals surface area contributed by atoms with Gasteiger partial charge in [-0.1, -0.05) is 49.4 Å². The average molecular weight is 427 g/mol. The summed E-state index contributed by atoms with van der Waals surface area (Å²) in [6, 6.07) is 18.2. The van der Waals surface area contributed by atoms with Crippen LogP contribution >= 0.6 is 0 Å². The van der Waals surface area contributed by atoms with Crippen molar-refractivity contribution in [1.29, 1.82) is 0 Å². The number of aliphatic hydroxyl groups excluding tert-OH is 1. The summed E-state index contributed by atoms with van der Waals surface area (Å²) in [5.41, 5.74) is 4.18. The summed E-state index contributed by atoms with van der Waals surface area (Å²) in [5, 5.41) is 9.90. The lowest BCUT2D eigenvalue weighted by molar-refractivity contribution is -0.123. The summed E-state index contributed by atoms with van der Waals surface area (Å²) >= 11 is 0. The quantitative estimate of drug-likeness (QED) is 0.472. The minimum Gasteiger partial charge on any atom is -0.515 e. The Morgan fingerprint density at radius 3 is 2.84 bits per heavy atom. The topological polar surface area (TPSA) is 72.3 Å². The van der Waals surface area contributed by atoms with Gasteiger partial charge in [0.05, 0.1) is 12.0 Å². The number of aryl methyl sites for hydroxylation is 1. The lowest BCUT2D eigenvalue weighted by atomic mass is 9.52. The lowest BCUT2D eigenvalue weighted by Crippen LogP contribution is -2.50. The van der Waals surface area contributed by atoms with Gasteiger partial charge in [0.15, 0.2) is 5.78 Å². The first-order chi connectivity index (χ1) is 15.6. The van der Waals surface area contributed by atoms with Gasteiger partial charge in [0, 0.05) is 23.1 Å². The van der Waals surface area contributed by atoms with Gasteiger partial charge in [-0.05, 0) is 54.0 Å². The highest BCUT2D eigenvalue weighted by atomic mass is 16.5. The Bertz CT molecular complexity index is 1170. The Morgan fingerprint density at radius 1 is 1.19 bits per heavy atom. The molecular formula is C27H26N2O3. The van der Waals surface area contributed by atoms with Crippen LogP contribution in [0.25, 0.3) is 0 Å². The summed E-state index contributed by atoms with van der Waals surface area (Å²) in [5.74, 6) is 0.687. The molecule has 1 saturated carbocycles. The summed E-state index contributed by atoms with van der Waals surface area (Å²) < 4.78 is 6.13. The average Bonchev–Trinajstić information content (AvgIpc) is 2.85. The first kappa shape index (κ1) is 20.4. The minimum absolute atomic E-state index is 0.0297. The first-order valence-corrected chi connectivity index (χ1v) is 11.1. The number of carbonyl (C=O) groups is 1. The fourth-order valence-corrected chi connectivity index (χ4v) is 5.60. The van der Waals surface area contributed by atoms with Crippen LogP contribution in [0, 0.1) is 11.8 Å². The van der Waals surface area contributed by atoms with E-state index in [9.17, 15) is 9.90 Å². The zero-order valence-electron chi connectivity index (χ0n) is 18.1. The minimum atomic E-state index is -0.509. The highest BCUT2D eigenvalue weighted by molar-refractivity contribution is 5.98. The number of aliphatic hydroxyl groups is 1. The van der Waals surface area contributed by atoms with Crippen molar-refractivity contribution in [1.82, 2.24) is 9.97 Å². The maximum Gasteiger partial charge on any atom is 0.165 e. The van der Waals surface area contributed by atoms with E-state index in [0.717, 1.165) is 47.2 Å². The summed E-state index contributed by atoms with van der Waals surface area (Å²) in [7, 11) is 0. The molecule has 1 aromatic heterocycles. The summed E-state index contributed by atoms with van der Waals surface area (Å²) in [4.78, 5) is 21.9. The largest absolute Gasteiger partial charge is 0.515 e. The molecule has 1 fully saturated rings. The molecule has 0 spiro atoms. The van der Waals surface area contributed by atoms with E-state index in [1.54, 1.807) is 6.33 Å². The number of hydrogen-bond donors (Lipinski definition) is 1. The van der Waals surface area contributed by atoms with Crippen molar-refractivity contribution in [2.24, 2.45) is 11.8 Å². The van der Waals surface area contributed by atoms with Crippen LogP contribution in [0.15, 0.2) is 79.0 Å². The summed E-state index contributed by atoms with van der Waals surface area (Å²) in [6.45, 7) is 2.46. The van der Waals surface area contributed by atoms with Crippen molar-refractivity contribution >= 4 is 5.78 Å². The van der Waals surface area contributed by atoms with E-state index in [4.69, 9.17) is 9.72 Å². The van der Waals surface area contributed by atoms with Gasteiger partial charge in [-0.3, -0.25) is 4.79 Å². The maximum absolute atomic E-state index is 12.9. The third-order valence-corrected chi connectivity index (χ3v) is 7.12. The van der Waals surface area contributed by atoms with E-state index < -0.39 is 5.41 Å². The zero-order valence-corrected chi connectivity index (χ0v) is 18.1. The van der Waals surface area contributed by atoms with E-state index in [1.165, 1.54) is 0 Å². The Balaban J connectivity index is 1.60. The molecule has 2 aliphatic carbocycles. The van der Waals surface area contributed by atoms with Crippen LogP contribution in [0.2, 0.25) is 0 Å². The fourth-order valence-electron chi connectivity index (χ4n) is 5.60. The van der Waals surface area contributed by atoms with Crippen molar-refractivity contribution < 1.29 is 14.6 Å². The number of Topliss-reactive ketones (excluding diaryl/α,β-unsaturated/α-hetero) is 1. The SMILES string of the molecule is C[C@@H]1C(=O)C(=CO)C[C@]2(c3cccc(OCc4ccccc4)c3)c3ncncc3CC[C@@H]12. The Hall–Kier alpha value is -3.47. The van der Waals surface area contributed by atoms with Crippen molar-refractivity contribution in [2.45, 2.75) is 38.2 Å². The van der Waals surface area contributed by atoms with Gasteiger partial charge in [0.25, 0.3) is 0 Å². The molecule has 5 nitrogen and oxygen atoms in total. The van der Waals surface area contributed by atoms with Gasteiger partial charge in [0.1, 0.15) is 18.7 Å². The highest BCUT2D eigenvalue weighted by Crippen LogP contribution is 2.55. The smallest absolute Gasteiger partial charge is 0.165 e. The molecule has 32 heavy (non-hydrogen) atoms. The van der Waals surface area contributed by atoms with Gasteiger partial charge in [-0.15, -0.1) is 0 Å². The zero-order chi connectivity index (χ0) is 22.1. The maximum atomic E-state index is 12.9. The van der Waals surface area contributed by atoms with Crippen LogP contribution in [-0.4, -0.2) is 20.9 Å². The van der Waals surface area contributed by atoms with E-state index >= 15 is 0 Å². The molecule has 1 heterocycles. The number of aromatic nitrogens is 2. The van der Waals surface area contributed by atoms with E-state index in [2.05, 4.69) is 17.1 Å². The number of ketones is 1. The van der Waals surface area contributed by atoms with E-state index in [-0.39, 0.29) is 17.6 Å². The fraction of sp³-hybridized carbons (Fsp3) is 0.296. The molecule has 162 valence electrons. The van der Waals surface area contributed by atoms with Gasteiger partial charge in [0.2, 0.25) is 0 Å². The van der Waals surface area contributed by atoms with E-state index in [1.807, 2.05) is 55.6 Å². The van der Waals surface area contributed by atoms with Crippen LogP contribution in [0.5, 0.6) is 5.75 Å². The van der Waals surface area contributed by atoms with Gasteiger partial charge < -0.3 is 9.84 Å². The molecule has 0 unspecified atom stereocenters. The molecule has 0 saturated heterocycles. The first-order valence-electron chi connectivity index (χ1n) is 11.1. The van der Waals surface area contributed by atoms with Crippen molar-refractivity contribution in [3.8, 4) is 5.75 Å². The number of benzene rings is 2. The molecule has 2 aromatic carbocycles. The molecule has 0 aliphatic heterocycles. The van der Waals surface area contributed by atoms with Crippen molar-refractivity contribution in [3.05, 3.63) is 101 Å². The molecule has 5 heteroatoms. The molecule has 0 amide bonds. The number of nitrogens with zero attached hydrogens (tertiary/aromatic N) is 2. The standard InChI is InChI=1S/C27H26N2O3/c1-18-24-11-10-20-14-28-17-29-26(20)27(24,13-21(15-30)25(18)31)22-8-5-9-23(12-22)32-16-19-6-3-2-4-7-19/h2-9,12,14-15,17-18,24,30H,10-11,13,16H2,1H3/t18-,24-,27+/m0/s1. The van der Waals surface area contributed by atoms with Gasteiger partial charge in [-0.25, -0.2) is 9.97 Å². The van der Waals surface area contributed by atoms with Gasteiger partial charge >= 0.3 is 0 Å². The predicted molar refractivity (Wildman–Crippen MR) is 121 cm³/mol. The second-order valence-electron chi connectivity index (χ2n) is 8.80. The second-order valence-corrected chi connectivity index (χ2v) is 8.80. The van der Waals surface area contributed by atoms with E-state index in [0.29, 0.717) is 18.6 Å². The number of hydrogen-bond acceptors (Lipinski definition) is 5. The number of rotatable bonds is 4. The number of fused-ring (bicyclic) bond motifs is 3. The number of carbonyl (C=O) groups excluding carboxylic acids is 1. The monoisotopic (exact) mass is 426 g/mol. The van der Waals surface area contributed by atoms with Crippen molar-refractivity contribution in [2.75, 3.05) is 0 Å². The van der Waals surface area contributed by atoms with Crippen LogP contribution < -0.4 is 4.74 Å². The molecule has 0 radical (unpaired) electrons. The molecule has 3 aromatic rings. The molecule has 3 atom stereocenters. The van der Waals surface area contributed by atoms with Gasteiger partial charge in [-0.2, -0.15) is 0 Å². The Kier molecular flexibility index (Phi) is 5.25. The highest BCUT2D eigenvalue weighted by Gasteiger charge is 2.54. The van der Waals surface area contributed by atoms with Crippen LogP contribution in [-0.2, 0) is 23.2 Å².